The quantitative estimate of drug-likeness (QED) is 0.785. The van der Waals surface area contributed by atoms with Gasteiger partial charge in [-0.2, -0.15) is 0 Å². The average Bonchev–Trinajstić information content (AvgIpc) is 2.88. The molecule has 0 spiro atoms. The Morgan fingerprint density at radius 3 is 2.69 bits per heavy atom. The molecule has 1 aromatic rings. The maximum atomic E-state index is 6.07. The van der Waals surface area contributed by atoms with E-state index >= 15 is 0 Å². The summed E-state index contributed by atoms with van der Waals surface area (Å²) in [5.74, 6) is 0.826. The summed E-state index contributed by atoms with van der Waals surface area (Å²) in [5, 5.41) is 0. The Labute approximate surface area is 84.0 Å². The largest absolute Gasteiger partial charge is 0.327 e. The normalized spacial score (nSPS) is 18.9. The molecule has 0 aromatic carbocycles. The summed E-state index contributed by atoms with van der Waals surface area (Å²) in [6, 6.07) is 4.90. The van der Waals surface area contributed by atoms with E-state index in [4.69, 9.17) is 5.73 Å². The fourth-order valence-corrected chi connectivity index (χ4v) is 2.67. The molecule has 1 heterocycles. The van der Waals surface area contributed by atoms with Gasteiger partial charge in [0.05, 0.1) is 0 Å². The van der Waals surface area contributed by atoms with Crippen LogP contribution in [0.25, 0.3) is 0 Å². The van der Waals surface area contributed by atoms with Gasteiger partial charge in [-0.25, -0.2) is 0 Å². The third-order valence-electron chi connectivity index (χ3n) is 2.73. The van der Waals surface area contributed by atoms with E-state index in [0.29, 0.717) is 6.04 Å². The molecule has 0 bridgehead atoms. The summed E-state index contributed by atoms with van der Waals surface area (Å²) in [7, 11) is 0. The summed E-state index contributed by atoms with van der Waals surface area (Å²) in [6.07, 6.45) is 4.96. The van der Waals surface area contributed by atoms with E-state index in [-0.39, 0.29) is 0 Å². The molecule has 0 aliphatic heterocycles. The van der Waals surface area contributed by atoms with Gasteiger partial charge in [-0.1, -0.05) is 6.92 Å². The van der Waals surface area contributed by atoms with Crippen LogP contribution in [0.4, 0.5) is 0 Å². The highest BCUT2D eigenvalue weighted by molar-refractivity contribution is 7.11. The van der Waals surface area contributed by atoms with E-state index in [0.717, 1.165) is 18.8 Å². The summed E-state index contributed by atoms with van der Waals surface area (Å²) >= 11 is 1.93. The first-order chi connectivity index (χ1) is 6.29. The monoisotopic (exact) mass is 195 g/mol. The van der Waals surface area contributed by atoms with E-state index < -0.39 is 0 Å². The van der Waals surface area contributed by atoms with Crippen LogP contribution in [-0.4, -0.2) is 6.04 Å². The highest BCUT2D eigenvalue weighted by Crippen LogP contribution is 2.33. The Morgan fingerprint density at radius 2 is 2.15 bits per heavy atom. The lowest BCUT2D eigenvalue weighted by atomic mass is 10.1. The van der Waals surface area contributed by atoms with Gasteiger partial charge >= 0.3 is 0 Å². The van der Waals surface area contributed by atoms with Gasteiger partial charge in [0.1, 0.15) is 0 Å². The lowest BCUT2D eigenvalue weighted by Gasteiger charge is -2.07. The molecule has 1 nitrogen and oxygen atoms in total. The maximum absolute atomic E-state index is 6.07. The average molecular weight is 195 g/mol. The molecular formula is C11H17NS. The molecule has 1 aliphatic rings. The first-order valence-electron chi connectivity index (χ1n) is 5.12. The van der Waals surface area contributed by atoms with Crippen molar-refractivity contribution in [1.29, 1.82) is 0 Å². The second-order valence-corrected chi connectivity index (χ2v) is 5.18. The second kappa shape index (κ2) is 3.81. The zero-order chi connectivity index (χ0) is 9.26. The number of thiophene rings is 1. The SMILES string of the molecule is CCc1ccc(CC(N)C2CC2)s1. The Kier molecular flexibility index (Phi) is 2.70. The topological polar surface area (TPSA) is 26.0 Å². The molecule has 1 aliphatic carbocycles. The van der Waals surface area contributed by atoms with Crippen molar-refractivity contribution in [1.82, 2.24) is 0 Å². The number of aryl methyl sites for hydroxylation is 1. The maximum Gasteiger partial charge on any atom is 0.0116 e. The van der Waals surface area contributed by atoms with Crippen LogP contribution in [-0.2, 0) is 12.8 Å². The second-order valence-electron chi connectivity index (χ2n) is 3.93. The van der Waals surface area contributed by atoms with Crippen LogP contribution in [0.1, 0.15) is 29.5 Å². The van der Waals surface area contributed by atoms with Crippen LogP contribution in [0.5, 0.6) is 0 Å². The molecule has 13 heavy (non-hydrogen) atoms. The van der Waals surface area contributed by atoms with Gasteiger partial charge < -0.3 is 5.73 Å². The van der Waals surface area contributed by atoms with Gasteiger partial charge in [0.2, 0.25) is 0 Å². The van der Waals surface area contributed by atoms with Gasteiger partial charge in [-0.3, -0.25) is 0 Å². The van der Waals surface area contributed by atoms with Gasteiger partial charge in [0, 0.05) is 15.8 Å². The first-order valence-corrected chi connectivity index (χ1v) is 5.94. The van der Waals surface area contributed by atoms with Crippen LogP contribution in [0, 0.1) is 5.92 Å². The lowest BCUT2D eigenvalue weighted by molar-refractivity contribution is 0.596. The third-order valence-corrected chi connectivity index (χ3v) is 3.98. The molecule has 2 rings (SSSR count). The number of hydrogen-bond acceptors (Lipinski definition) is 2. The van der Waals surface area contributed by atoms with Crippen LogP contribution in [0.15, 0.2) is 12.1 Å². The highest BCUT2D eigenvalue weighted by Gasteiger charge is 2.28. The molecule has 0 radical (unpaired) electrons. The molecule has 0 saturated heterocycles. The molecule has 1 aromatic heterocycles. The van der Waals surface area contributed by atoms with E-state index in [1.807, 2.05) is 11.3 Å². The summed E-state index contributed by atoms with van der Waals surface area (Å²) in [6.45, 7) is 2.20. The zero-order valence-corrected chi connectivity index (χ0v) is 8.94. The summed E-state index contributed by atoms with van der Waals surface area (Å²) in [5.41, 5.74) is 6.07. The van der Waals surface area contributed by atoms with Gasteiger partial charge in [-0.05, 0) is 43.7 Å². The summed E-state index contributed by atoms with van der Waals surface area (Å²) in [4.78, 5) is 2.95. The molecule has 1 unspecified atom stereocenters. The lowest BCUT2D eigenvalue weighted by Crippen LogP contribution is -2.24. The molecule has 2 heteroatoms. The van der Waals surface area contributed by atoms with Crippen molar-refractivity contribution in [3.05, 3.63) is 21.9 Å². The summed E-state index contributed by atoms with van der Waals surface area (Å²) < 4.78 is 0. The van der Waals surface area contributed by atoms with Crippen molar-refractivity contribution in [3.63, 3.8) is 0 Å². The Morgan fingerprint density at radius 1 is 1.46 bits per heavy atom. The molecule has 72 valence electrons. The van der Waals surface area contributed by atoms with E-state index in [2.05, 4.69) is 19.1 Å². The molecule has 1 atom stereocenters. The van der Waals surface area contributed by atoms with Crippen LogP contribution < -0.4 is 5.73 Å². The van der Waals surface area contributed by atoms with Crippen molar-refractivity contribution in [2.45, 2.75) is 38.6 Å². The molecular weight excluding hydrogens is 178 g/mol. The van der Waals surface area contributed by atoms with Crippen molar-refractivity contribution in [2.75, 3.05) is 0 Å². The smallest absolute Gasteiger partial charge is 0.0116 e. The van der Waals surface area contributed by atoms with Crippen LogP contribution in [0.3, 0.4) is 0 Å². The van der Waals surface area contributed by atoms with Crippen molar-refractivity contribution in [3.8, 4) is 0 Å². The number of hydrogen-bond donors (Lipinski definition) is 1. The van der Waals surface area contributed by atoms with Gasteiger partial charge in [0.25, 0.3) is 0 Å². The minimum atomic E-state index is 0.420. The zero-order valence-electron chi connectivity index (χ0n) is 8.12. The number of nitrogens with two attached hydrogens (primary N) is 1. The van der Waals surface area contributed by atoms with Gasteiger partial charge in [0.15, 0.2) is 0 Å². The van der Waals surface area contributed by atoms with Crippen molar-refractivity contribution >= 4 is 11.3 Å². The predicted octanol–water partition coefficient (Wildman–Crippen LogP) is 2.59. The Hall–Kier alpha value is -0.340. The Bertz CT molecular complexity index is 275. The highest BCUT2D eigenvalue weighted by atomic mass is 32.1. The third kappa shape index (κ3) is 2.32. The van der Waals surface area contributed by atoms with Crippen molar-refractivity contribution < 1.29 is 0 Å². The molecule has 1 fully saturated rings. The minimum Gasteiger partial charge on any atom is -0.327 e. The standard InChI is InChI=1S/C11H17NS/c1-2-9-5-6-10(13-9)7-11(12)8-3-4-8/h5-6,8,11H,2-4,7,12H2,1H3. The van der Waals surface area contributed by atoms with Crippen molar-refractivity contribution in [2.24, 2.45) is 11.7 Å². The predicted molar refractivity (Wildman–Crippen MR) is 58.1 cm³/mol. The van der Waals surface area contributed by atoms with Gasteiger partial charge in [-0.15, -0.1) is 11.3 Å². The van der Waals surface area contributed by atoms with E-state index in [1.54, 1.807) is 0 Å². The van der Waals surface area contributed by atoms with Crippen LogP contribution in [0.2, 0.25) is 0 Å². The molecule has 2 N–H and O–H groups in total. The number of rotatable bonds is 4. The first kappa shape index (κ1) is 9.22. The molecule has 1 saturated carbocycles. The fraction of sp³-hybridized carbons (Fsp3) is 0.636. The van der Waals surface area contributed by atoms with E-state index in [1.165, 1.54) is 22.6 Å². The Balaban J connectivity index is 1.92. The minimum absolute atomic E-state index is 0.420. The van der Waals surface area contributed by atoms with E-state index in [9.17, 15) is 0 Å². The molecule has 0 amide bonds. The fourth-order valence-electron chi connectivity index (χ4n) is 1.65. The van der Waals surface area contributed by atoms with Crippen LogP contribution >= 0.6 is 11.3 Å².